The van der Waals surface area contributed by atoms with Crippen LogP contribution < -0.4 is 10.5 Å². The summed E-state index contributed by atoms with van der Waals surface area (Å²) in [6.45, 7) is 5.88. The van der Waals surface area contributed by atoms with Crippen molar-refractivity contribution in [1.82, 2.24) is 9.97 Å². The van der Waals surface area contributed by atoms with Gasteiger partial charge in [-0.3, -0.25) is 0 Å². The van der Waals surface area contributed by atoms with Gasteiger partial charge in [-0.2, -0.15) is 0 Å². The number of aliphatic hydroxyl groups is 1. The molecule has 1 saturated carbocycles. The van der Waals surface area contributed by atoms with Crippen LogP contribution >= 0.6 is 11.3 Å². The van der Waals surface area contributed by atoms with Crippen LogP contribution in [0.2, 0.25) is 0 Å². The molecule has 0 bridgehead atoms. The first-order chi connectivity index (χ1) is 13.0. The quantitative estimate of drug-likeness (QED) is 0.730. The monoisotopic (exact) mass is 387 g/mol. The van der Waals surface area contributed by atoms with Crippen LogP contribution in [0.4, 0.5) is 0 Å². The smallest absolute Gasteiger partial charge is 0.225 e. The zero-order chi connectivity index (χ0) is 19.0. The molecule has 0 aromatic carbocycles. The Balaban J connectivity index is 1.60. The Bertz CT molecular complexity index is 826. The Labute approximate surface area is 164 Å². The van der Waals surface area contributed by atoms with Gasteiger partial charge in [-0.1, -0.05) is 13.0 Å². The van der Waals surface area contributed by atoms with Crippen LogP contribution in [0.3, 0.4) is 0 Å². The lowest BCUT2D eigenvalue weighted by Crippen LogP contribution is -2.44. The molecular formula is C21H29N3O2S. The Morgan fingerprint density at radius 2 is 2.19 bits per heavy atom. The fourth-order valence-electron chi connectivity index (χ4n) is 4.55. The van der Waals surface area contributed by atoms with Gasteiger partial charge >= 0.3 is 0 Å². The second-order valence-corrected chi connectivity index (χ2v) is 9.19. The van der Waals surface area contributed by atoms with Gasteiger partial charge in [-0.25, -0.2) is 9.97 Å². The van der Waals surface area contributed by atoms with E-state index in [1.807, 2.05) is 0 Å². The average Bonchev–Trinajstić information content (AvgIpc) is 3.24. The molecule has 2 aromatic heterocycles. The van der Waals surface area contributed by atoms with Crippen LogP contribution in [0, 0.1) is 0 Å². The summed E-state index contributed by atoms with van der Waals surface area (Å²) in [6.07, 6.45) is 10.7. The summed E-state index contributed by atoms with van der Waals surface area (Å²) in [4.78, 5) is 11.4. The molecule has 1 fully saturated rings. The Morgan fingerprint density at radius 1 is 1.41 bits per heavy atom. The van der Waals surface area contributed by atoms with Gasteiger partial charge in [0, 0.05) is 10.4 Å². The highest BCUT2D eigenvalue weighted by Crippen LogP contribution is 2.48. The Kier molecular flexibility index (Phi) is 5.23. The second kappa shape index (κ2) is 7.49. The first-order valence-electron chi connectivity index (χ1n) is 10.1. The van der Waals surface area contributed by atoms with Crippen molar-refractivity contribution in [1.29, 1.82) is 0 Å². The summed E-state index contributed by atoms with van der Waals surface area (Å²) in [5.41, 5.74) is 7.69. The molecule has 2 aliphatic carbocycles. The minimum atomic E-state index is -0.477. The zero-order valence-electron chi connectivity index (χ0n) is 16.0. The highest BCUT2D eigenvalue weighted by molar-refractivity contribution is 7.19. The lowest BCUT2D eigenvalue weighted by Gasteiger charge is -2.36. The summed E-state index contributed by atoms with van der Waals surface area (Å²) in [5.74, 6) is 1.03. The van der Waals surface area contributed by atoms with Crippen LogP contribution in [-0.2, 0) is 6.42 Å². The molecule has 0 saturated heterocycles. The maximum Gasteiger partial charge on any atom is 0.225 e. The number of aliphatic hydroxyl groups excluding tert-OH is 1. The molecule has 0 unspecified atom stereocenters. The van der Waals surface area contributed by atoms with E-state index in [2.05, 4.69) is 23.5 Å². The third-order valence-corrected chi connectivity index (χ3v) is 7.58. The average molecular weight is 388 g/mol. The molecular weight excluding hydrogens is 358 g/mol. The number of fused-ring (bicyclic) bond motifs is 3. The number of nitrogens with zero attached hydrogens (tertiary/aromatic N) is 2. The molecule has 5 nitrogen and oxygen atoms in total. The van der Waals surface area contributed by atoms with Crippen LogP contribution in [0.15, 0.2) is 19.0 Å². The van der Waals surface area contributed by atoms with Crippen molar-refractivity contribution in [3.8, 4) is 5.88 Å². The number of hydrogen-bond acceptors (Lipinski definition) is 6. The van der Waals surface area contributed by atoms with Gasteiger partial charge in [-0.15, -0.1) is 17.9 Å². The number of nitrogens with two attached hydrogens (primary N) is 1. The molecule has 2 aliphatic rings. The van der Waals surface area contributed by atoms with Crippen molar-refractivity contribution in [3.05, 3.63) is 29.4 Å². The van der Waals surface area contributed by atoms with Crippen molar-refractivity contribution >= 4 is 21.6 Å². The summed E-state index contributed by atoms with van der Waals surface area (Å²) in [7, 11) is 0. The normalized spacial score (nSPS) is 28.9. The lowest BCUT2D eigenvalue weighted by molar-refractivity contribution is 0.113. The number of rotatable bonds is 6. The summed E-state index contributed by atoms with van der Waals surface area (Å²) >= 11 is 1.75. The van der Waals surface area contributed by atoms with E-state index in [-0.39, 0.29) is 11.6 Å². The molecule has 0 amide bonds. The molecule has 4 rings (SSSR count). The fraction of sp³-hybridized carbons (Fsp3) is 0.619. The first-order valence-corrected chi connectivity index (χ1v) is 10.9. The molecule has 0 radical (unpaired) electrons. The minimum Gasteiger partial charge on any atom is -0.474 e. The van der Waals surface area contributed by atoms with E-state index in [1.165, 1.54) is 10.4 Å². The standard InChI is InChI=1S/C21H29N3O2S/c1-3-14(25)11-13-5-6-16-17(13)18-19(23-12-24-20(18)27-16)26-15-7-9-21(22,4-2)10-8-15/h3,12-15,25H,1,4-11,22H2,2H3/t13-,14+,15?,21?/m1/s1. The molecule has 2 heterocycles. The molecule has 3 N–H and O–H groups in total. The molecule has 2 aromatic rings. The van der Waals surface area contributed by atoms with Gasteiger partial charge in [0.2, 0.25) is 5.88 Å². The van der Waals surface area contributed by atoms with E-state index >= 15 is 0 Å². The number of hydrogen-bond donors (Lipinski definition) is 2. The van der Waals surface area contributed by atoms with E-state index in [0.717, 1.165) is 55.2 Å². The predicted octanol–water partition coefficient (Wildman–Crippen LogP) is 4.09. The van der Waals surface area contributed by atoms with Gasteiger partial charge in [-0.05, 0) is 62.8 Å². The van der Waals surface area contributed by atoms with Crippen LogP contribution in [0.1, 0.15) is 68.2 Å². The molecule has 0 spiro atoms. The summed E-state index contributed by atoms with van der Waals surface area (Å²) < 4.78 is 6.39. The molecule has 6 heteroatoms. The van der Waals surface area contributed by atoms with E-state index in [1.54, 1.807) is 23.7 Å². The minimum absolute atomic E-state index is 0.0313. The predicted molar refractivity (Wildman–Crippen MR) is 109 cm³/mol. The highest BCUT2D eigenvalue weighted by Gasteiger charge is 2.34. The van der Waals surface area contributed by atoms with E-state index in [9.17, 15) is 5.11 Å². The Morgan fingerprint density at radius 3 is 2.89 bits per heavy atom. The van der Waals surface area contributed by atoms with Crippen molar-refractivity contribution in [2.75, 3.05) is 0 Å². The van der Waals surface area contributed by atoms with Crippen LogP contribution in [0.5, 0.6) is 5.88 Å². The third-order valence-electron chi connectivity index (χ3n) is 6.40. The van der Waals surface area contributed by atoms with Crippen LogP contribution in [-0.4, -0.2) is 32.8 Å². The summed E-state index contributed by atoms with van der Waals surface area (Å²) in [5, 5.41) is 11.1. The van der Waals surface area contributed by atoms with E-state index in [0.29, 0.717) is 18.2 Å². The highest BCUT2D eigenvalue weighted by atomic mass is 32.1. The van der Waals surface area contributed by atoms with Gasteiger partial charge in [0.05, 0.1) is 11.5 Å². The third kappa shape index (κ3) is 3.62. The zero-order valence-corrected chi connectivity index (χ0v) is 16.8. The maximum atomic E-state index is 10.1. The first kappa shape index (κ1) is 18.8. The van der Waals surface area contributed by atoms with Crippen molar-refractivity contribution in [2.24, 2.45) is 5.73 Å². The summed E-state index contributed by atoms with van der Waals surface area (Å²) in [6, 6.07) is 0. The van der Waals surface area contributed by atoms with Gasteiger partial charge < -0.3 is 15.6 Å². The van der Waals surface area contributed by atoms with Crippen molar-refractivity contribution in [2.45, 2.75) is 82.0 Å². The Hall–Kier alpha value is -1.50. The topological polar surface area (TPSA) is 81.3 Å². The van der Waals surface area contributed by atoms with Crippen molar-refractivity contribution < 1.29 is 9.84 Å². The fourth-order valence-corrected chi connectivity index (χ4v) is 5.78. The maximum absolute atomic E-state index is 10.1. The number of thiophene rings is 1. The van der Waals surface area contributed by atoms with Crippen molar-refractivity contribution in [3.63, 3.8) is 0 Å². The van der Waals surface area contributed by atoms with Gasteiger partial charge in [0.25, 0.3) is 0 Å². The largest absolute Gasteiger partial charge is 0.474 e. The van der Waals surface area contributed by atoms with E-state index in [4.69, 9.17) is 10.5 Å². The lowest BCUT2D eigenvalue weighted by atomic mass is 9.79. The number of aromatic nitrogens is 2. The van der Waals surface area contributed by atoms with Gasteiger partial charge in [0.1, 0.15) is 17.3 Å². The molecule has 27 heavy (non-hydrogen) atoms. The molecule has 2 atom stereocenters. The second-order valence-electron chi connectivity index (χ2n) is 8.11. The molecule has 146 valence electrons. The SMILES string of the molecule is C=C[C@H](O)C[C@H]1CCc2sc3ncnc(OC4CCC(N)(CC)CC4)c3c21. The van der Waals surface area contributed by atoms with Crippen LogP contribution in [0.25, 0.3) is 10.2 Å². The van der Waals surface area contributed by atoms with E-state index < -0.39 is 6.10 Å². The number of aryl methyl sites for hydroxylation is 1. The van der Waals surface area contributed by atoms with Gasteiger partial charge in [0.15, 0.2) is 0 Å². The number of ether oxygens (including phenoxy) is 1. The molecule has 0 aliphatic heterocycles.